The summed E-state index contributed by atoms with van der Waals surface area (Å²) in [5.41, 5.74) is 0.265. The third-order valence-corrected chi connectivity index (χ3v) is 2.17. The molecule has 88 valence electrons. The van der Waals surface area contributed by atoms with E-state index >= 15 is 0 Å². The topological polar surface area (TPSA) is 69.6 Å². The number of benzene rings is 1. The van der Waals surface area contributed by atoms with Gasteiger partial charge in [0.1, 0.15) is 11.5 Å². The second-order valence-electron chi connectivity index (χ2n) is 4.18. The zero-order valence-electron chi connectivity index (χ0n) is 9.53. The fraction of sp³-hybridized carbons (Fsp3) is 0.417. The molecule has 0 saturated carbocycles. The summed E-state index contributed by atoms with van der Waals surface area (Å²) in [4.78, 5) is 11.6. The zero-order chi connectivity index (χ0) is 12.1. The van der Waals surface area contributed by atoms with E-state index in [1.165, 1.54) is 18.2 Å². The summed E-state index contributed by atoms with van der Waals surface area (Å²) in [6.07, 6.45) is 0.899. The number of aromatic hydroxyl groups is 2. The summed E-state index contributed by atoms with van der Waals surface area (Å²) in [7, 11) is 0. The molecule has 0 aliphatic heterocycles. The van der Waals surface area contributed by atoms with Gasteiger partial charge in [0.15, 0.2) is 0 Å². The standard InChI is InChI=1S/C12H17NO3/c1-8(2)3-4-13-12(16)9-5-10(14)7-11(15)6-9/h5-8,14-15H,3-4H2,1-2H3,(H,13,16). The van der Waals surface area contributed by atoms with Crippen molar-refractivity contribution in [2.45, 2.75) is 20.3 Å². The predicted octanol–water partition coefficient (Wildman–Crippen LogP) is 1.87. The van der Waals surface area contributed by atoms with Gasteiger partial charge in [-0.05, 0) is 24.5 Å². The molecule has 1 rings (SSSR count). The van der Waals surface area contributed by atoms with E-state index in [9.17, 15) is 15.0 Å². The largest absolute Gasteiger partial charge is 0.508 e. The fourth-order valence-corrected chi connectivity index (χ4v) is 1.30. The summed E-state index contributed by atoms with van der Waals surface area (Å²) in [5.74, 6) is 0.00717. The van der Waals surface area contributed by atoms with E-state index in [1.54, 1.807) is 0 Å². The lowest BCUT2D eigenvalue weighted by Crippen LogP contribution is -2.25. The number of hydrogen-bond donors (Lipinski definition) is 3. The van der Waals surface area contributed by atoms with Gasteiger partial charge in [0.2, 0.25) is 0 Å². The van der Waals surface area contributed by atoms with Crippen LogP contribution in [0.1, 0.15) is 30.6 Å². The molecule has 0 fully saturated rings. The molecule has 0 spiro atoms. The van der Waals surface area contributed by atoms with Gasteiger partial charge in [0, 0.05) is 18.2 Å². The maximum absolute atomic E-state index is 11.6. The van der Waals surface area contributed by atoms with Gasteiger partial charge in [-0.1, -0.05) is 13.8 Å². The molecule has 0 radical (unpaired) electrons. The van der Waals surface area contributed by atoms with Crippen molar-refractivity contribution < 1.29 is 15.0 Å². The molecule has 0 bridgehead atoms. The molecule has 1 aromatic rings. The van der Waals surface area contributed by atoms with Crippen LogP contribution in [-0.4, -0.2) is 22.7 Å². The minimum absolute atomic E-state index is 0.117. The Morgan fingerprint density at radius 3 is 2.31 bits per heavy atom. The van der Waals surface area contributed by atoms with E-state index in [4.69, 9.17) is 0 Å². The van der Waals surface area contributed by atoms with Crippen LogP contribution in [0.2, 0.25) is 0 Å². The van der Waals surface area contributed by atoms with Gasteiger partial charge in [0.25, 0.3) is 5.91 Å². The highest BCUT2D eigenvalue weighted by Gasteiger charge is 2.07. The normalized spacial score (nSPS) is 10.4. The van der Waals surface area contributed by atoms with Gasteiger partial charge in [-0.25, -0.2) is 0 Å². The average molecular weight is 223 g/mol. The fourth-order valence-electron chi connectivity index (χ4n) is 1.30. The maximum atomic E-state index is 11.6. The van der Waals surface area contributed by atoms with E-state index < -0.39 is 0 Å². The van der Waals surface area contributed by atoms with Crippen molar-refractivity contribution >= 4 is 5.91 Å². The summed E-state index contributed by atoms with van der Waals surface area (Å²) >= 11 is 0. The second kappa shape index (κ2) is 5.39. The highest BCUT2D eigenvalue weighted by molar-refractivity contribution is 5.94. The molecule has 0 saturated heterocycles. The molecule has 0 unspecified atom stereocenters. The SMILES string of the molecule is CC(C)CCNC(=O)c1cc(O)cc(O)c1. The van der Waals surface area contributed by atoms with Crippen LogP contribution < -0.4 is 5.32 Å². The van der Waals surface area contributed by atoms with Crippen LogP contribution >= 0.6 is 0 Å². The quantitative estimate of drug-likeness (QED) is 0.729. The number of nitrogens with one attached hydrogen (secondary N) is 1. The number of hydrogen-bond acceptors (Lipinski definition) is 3. The summed E-state index contributed by atoms with van der Waals surface area (Å²) in [6, 6.07) is 3.83. The molecular weight excluding hydrogens is 206 g/mol. The van der Waals surface area contributed by atoms with E-state index in [1.807, 2.05) is 0 Å². The van der Waals surface area contributed by atoms with Gasteiger partial charge < -0.3 is 15.5 Å². The molecule has 3 N–H and O–H groups in total. The minimum Gasteiger partial charge on any atom is -0.508 e. The van der Waals surface area contributed by atoms with Gasteiger partial charge in [0.05, 0.1) is 0 Å². The Hall–Kier alpha value is -1.71. The summed E-state index contributed by atoms with van der Waals surface area (Å²) in [6.45, 7) is 4.74. The van der Waals surface area contributed by atoms with Crippen molar-refractivity contribution in [3.05, 3.63) is 23.8 Å². The van der Waals surface area contributed by atoms with Crippen molar-refractivity contribution in [3.63, 3.8) is 0 Å². The number of carbonyl (C=O) groups is 1. The van der Waals surface area contributed by atoms with Crippen LogP contribution in [0.3, 0.4) is 0 Å². The molecule has 0 aliphatic rings. The Morgan fingerprint density at radius 2 is 1.81 bits per heavy atom. The van der Waals surface area contributed by atoms with Crippen LogP contribution in [0.5, 0.6) is 11.5 Å². The Labute approximate surface area is 94.9 Å². The molecule has 1 aromatic carbocycles. The van der Waals surface area contributed by atoms with Crippen molar-refractivity contribution in [3.8, 4) is 11.5 Å². The first-order valence-corrected chi connectivity index (χ1v) is 5.30. The monoisotopic (exact) mass is 223 g/mol. The summed E-state index contributed by atoms with van der Waals surface area (Å²) < 4.78 is 0. The molecule has 0 atom stereocenters. The zero-order valence-corrected chi connectivity index (χ0v) is 9.53. The van der Waals surface area contributed by atoms with Gasteiger partial charge >= 0.3 is 0 Å². The lowest BCUT2D eigenvalue weighted by atomic mass is 10.1. The van der Waals surface area contributed by atoms with Crippen molar-refractivity contribution in [1.29, 1.82) is 0 Å². The molecule has 0 aromatic heterocycles. The van der Waals surface area contributed by atoms with Crippen LogP contribution in [0.15, 0.2) is 18.2 Å². The van der Waals surface area contributed by atoms with E-state index in [2.05, 4.69) is 19.2 Å². The van der Waals surface area contributed by atoms with Gasteiger partial charge in [-0.15, -0.1) is 0 Å². The first-order valence-electron chi connectivity index (χ1n) is 5.30. The Kier molecular flexibility index (Phi) is 4.17. The number of rotatable bonds is 4. The number of amides is 1. The Morgan fingerprint density at radius 1 is 1.25 bits per heavy atom. The first kappa shape index (κ1) is 12.4. The van der Waals surface area contributed by atoms with E-state index in [-0.39, 0.29) is 23.0 Å². The van der Waals surface area contributed by atoms with Crippen molar-refractivity contribution in [1.82, 2.24) is 5.32 Å². The molecule has 4 heteroatoms. The molecule has 0 aliphatic carbocycles. The van der Waals surface area contributed by atoms with Crippen LogP contribution in [0, 0.1) is 5.92 Å². The highest BCUT2D eigenvalue weighted by Crippen LogP contribution is 2.20. The van der Waals surface area contributed by atoms with Gasteiger partial charge in [-0.3, -0.25) is 4.79 Å². The maximum Gasteiger partial charge on any atom is 0.251 e. The molecule has 4 nitrogen and oxygen atoms in total. The minimum atomic E-state index is -0.285. The van der Waals surface area contributed by atoms with Crippen molar-refractivity contribution in [2.75, 3.05) is 6.54 Å². The van der Waals surface area contributed by atoms with Gasteiger partial charge in [-0.2, -0.15) is 0 Å². The lowest BCUT2D eigenvalue weighted by Gasteiger charge is -2.07. The van der Waals surface area contributed by atoms with Crippen LogP contribution in [-0.2, 0) is 0 Å². The lowest BCUT2D eigenvalue weighted by molar-refractivity contribution is 0.0951. The number of phenolic OH excluding ortho intramolecular Hbond substituents is 2. The molecule has 0 heterocycles. The second-order valence-corrected chi connectivity index (χ2v) is 4.18. The van der Waals surface area contributed by atoms with Crippen molar-refractivity contribution in [2.24, 2.45) is 5.92 Å². The van der Waals surface area contributed by atoms with Crippen LogP contribution in [0.4, 0.5) is 0 Å². The molecular formula is C12H17NO3. The first-order chi connectivity index (χ1) is 7.49. The molecule has 1 amide bonds. The highest BCUT2D eigenvalue weighted by atomic mass is 16.3. The Balaban J connectivity index is 2.59. The molecule has 16 heavy (non-hydrogen) atoms. The predicted molar refractivity (Wildman–Crippen MR) is 61.6 cm³/mol. The smallest absolute Gasteiger partial charge is 0.251 e. The summed E-state index contributed by atoms with van der Waals surface area (Å²) in [5, 5.41) is 21.2. The van der Waals surface area contributed by atoms with E-state index in [0.717, 1.165) is 6.42 Å². The van der Waals surface area contributed by atoms with Crippen LogP contribution in [0.25, 0.3) is 0 Å². The number of phenols is 2. The third kappa shape index (κ3) is 3.81. The van der Waals surface area contributed by atoms with E-state index in [0.29, 0.717) is 12.5 Å². The Bertz CT molecular complexity index is 354. The average Bonchev–Trinajstić information content (AvgIpc) is 2.15. The third-order valence-electron chi connectivity index (χ3n) is 2.17. The number of carbonyl (C=O) groups excluding carboxylic acids is 1.